The molecule has 5 rings (SSSR count). The summed E-state index contributed by atoms with van der Waals surface area (Å²) in [7, 11) is -10.4. The first-order valence-corrected chi connectivity index (χ1v) is 21.9. The number of carbonyl (C=O) groups excluding carboxylic acids is 1. The third-order valence-electron chi connectivity index (χ3n) is 10.0. The fourth-order valence-electron chi connectivity index (χ4n) is 6.38. The summed E-state index contributed by atoms with van der Waals surface area (Å²) >= 11 is 0. The first-order chi connectivity index (χ1) is 29.9. The Bertz CT molecular complexity index is 1540. The quantitative estimate of drug-likeness (QED) is 0.0375. The highest BCUT2D eigenvalue weighted by atomic mass is 31.2. The Balaban J connectivity index is 0.000000800. The monoisotopic (exact) mass is 988 g/mol. The second-order valence-electron chi connectivity index (χ2n) is 14.5. The van der Waals surface area contributed by atoms with Crippen molar-refractivity contribution in [3.05, 3.63) is 0 Å². The van der Waals surface area contributed by atoms with Crippen molar-refractivity contribution < 1.29 is 157 Å². The third-order valence-corrected chi connectivity index (χ3v) is 12.0. The molecular weight excluding hydrogens is 934 g/mol. The van der Waals surface area contributed by atoms with Crippen LogP contribution in [0.25, 0.3) is 0 Å². The SMILES string of the molecule is O=C[C@H](O)[C@H](O)[C@H](O)CO.O=P(O)(OC[C@H]1OC(O[C@@H]2O[C@H](CO)[C@@H](OP(=O)(O)OC[C@H]3OC(O[C@@H]4O[C@H](CO)[C@@H](O)[C@H]4O)[C@H](O)[C@@H]3O)[C@H]2O)[C@H](O)[C@@H]1O)O[C@H]1[C@@H](O)[C@H](O)O[C@@H]1CO. The van der Waals surface area contributed by atoms with E-state index in [0.29, 0.717) is 0 Å². The molecule has 5 aliphatic heterocycles. The van der Waals surface area contributed by atoms with Crippen molar-refractivity contribution in [2.45, 2.75) is 141 Å². The summed E-state index contributed by atoms with van der Waals surface area (Å²) in [5.41, 5.74) is 0. The zero-order valence-electron chi connectivity index (χ0n) is 32.8. The van der Waals surface area contributed by atoms with Gasteiger partial charge < -0.3 is 129 Å². The van der Waals surface area contributed by atoms with E-state index in [-0.39, 0.29) is 6.29 Å². The maximum atomic E-state index is 12.8. The van der Waals surface area contributed by atoms with E-state index in [9.17, 15) is 85.0 Å². The number of aldehydes is 1. The van der Waals surface area contributed by atoms with Crippen LogP contribution in [-0.2, 0) is 65.2 Å². The van der Waals surface area contributed by atoms with Gasteiger partial charge in [0.15, 0.2) is 37.7 Å². The number of aliphatic hydroxyl groups is 16. The molecule has 0 aromatic carbocycles. The van der Waals surface area contributed by atoms with E-state index in [4.69, 9.17) is 71.7 Å². The lowest BCUT2D eigenvalue weighted by Gasteiger charge is -2.24. The number of carbonyl (C=O) groups is 1. The van der Waals surface area contributed by atoms with Crippen LogP contribution < -0.4 is 0 Å². The molecule has 0 bridgehead atoms. The van der Waals surface area contributed by atoms with Crippen LogP contribution in [0.4, 0.5) is 0 Å². The van der Waals surface area contributed by atoms with Crippen LogP contribution in [0.2, 0.25) is 0 Å². The predicted molar refractivity (Wildman–Crippen MR) is 189 cm³/mol. The Hall–Kier alpha value is -1.03. The van der Waals surface area contributed by atoms with Crippen LogP contribution >= 0.6 is 15.6 Å². The van der Waals surface area contributed by atoms with Gasteiger partial charge in [-0.3, -0.25) is 18.1 Å². The maximum absolute atomic E-state index is 12.8. The van der Waals surface area contributed by atoms with E-state index in [1.807, 2.05) is 0 Å². The van der Waals surface area contributed by atoms with Gasteiger partial charge in [0.1, 0.15) is 110 Å². The van der Waals surface area contributed by atoms with Gasteiger partial charge in [-0.25, -0.2) is 9.13 Å². The van der Waals surface area contributed by atoms with Crippen LogP contribution in [0.15, 0.2) is 0 Å². The van der Waals surface area contributed by atoms with Crippen molar-refractivity contribution in [1.82, 2.24) is 0 Å². The first-order valence-electron chi connectivity index (χ1n) is 18.9. The largest absolute Gasteiger partial charge is 0.472 e. The Morgan fingerprint density at radius 2 is 0.859 bits per heavy atom. The molecule has 0 saturated carbocycles. The molecule has 5 aliphatic rings. The Kier molecular flexibility index (Phi) is 20.8. The van der Waals surface area contributed by atoms with E-state index in [0.717, 1.165) is 0 Å². The smallest absolute Gasteiger partial charge is 0.394 e. The van der Waals surface area contributed by atoms with E-state index in [2.05, 4.69) is 0 Å². The summed E-state index contributed by atoms with van der Waals surface area (Å²) in [5.74, 6) is 0. The van der Waals surface area contributed by atoms with E-state index < -0.39 is 197 Å². The average molecular weight is 989 g/mol. The van der Waals surface area contributed by atoms with Crippen LogP contribution in [0.1, 0.15) is 0 Å². The lowest BCUT2D eigenvalue weighted by Crippen LogP contribution is -2.41. The first kappa shape index (κ1) is 55.6. The Morgan fingerprint density at radius 3 is 1.25 bits per heavy atom. The maximum Gasteiger partial charge on any atom is 0.472 e. The third kappa shape index (κ3) is 13.6. The van der Waals surface area contributed by atoms with Gasteiger partial charge in [-0.1, -0.05) is 0 Å². The Morgan fingerprint density at radius 1 is 0.500 bits per heavy atom. The highest BCUT2D eigenvalue weighted by molar-refractivity contribution is 7.47. The summed E-state index contributed by atoms with van der Waals surface area (Å²) < 4.78 is 81.1. The topological polar surface area (TPSA) is 517 Å². The summed E-state index contributed by atoms with van der Waals surface area (Å²) in [5, 5.41) is 154. The van der Waals surface area contributed by atoms with Crippen LogP contribution in [0.3, 0.4) is 0 Å². The number of aliphatic hydroxyl groups excluding tert-OH is 16. The van der Waals surface area contributed by atoms with Crippen LogP contribution in [0, 0.1) is 0 Å². The molecule has 0 aromatic rings. The summed E-state index contributed by atoms with van der Waals surface area (Å²) in [6.07, 6.45) is -39.1. The van der Waals surface area contributed by atoms with Gasteiger partial charge in [-0.15, -0.1) is 0 Å². The molecule has 25 atom stereocenters. The predicted octanol–water partition coefficient (Wildman–Crippen LogP) is -11.2. The second kappa shape index (κ2) is 24.0. The minimum absolute atomic E-state index is 0.0869. The van der Waals surface area contributed by atoms with E-state index in [1.54, 1.807) is 0 Å². The summed E-state index contributed by atoms with van der Waals surface area (Å²) in [4.78, 5) is 30.2. The molecule has 0 amide bonds. The van der Waals surface area contributed by atoms with E-state index >= 15 is 0 Å². The number of hydrogen-bond acceptors (Lipinski definition) is 30. The molecule has 18 N–H and O–H groups in total. The highest BCUT2D eigenvalue weighted by Crippen LogP contribution is 2.49. The molecule has 4 unspecified atom stereocenters. The van der Waals surface area contributed by atoms with Gasteiger partial charge in [0, 0.05) is 0 Å². The molecule has 5 fully saturated rings. The van der Waals surface area contributed by atoms with Crippen molar-refractivity contribution in [2.24, 2.45) is 0 Å². The molecule has 64 heavy (non-hydrogen) atoms. The summed E-state index contributed by atoms with van der Waals surface area (Å²) in [6, 6.07) is 0. The minimum Gasteiger partial charge on any atom is -0.394 e. The van der Waals surface area contributed by atoms with Gasteiger partial charge in [0.25, 0.3) is 0 Å². The lowest BCUT2D eigenvalue weighted by atomic mass is 10.1. The number of rotatable bonds is 21. The van der Waals surface area contributed by atoms with Crippen molar-refractivity contribution in [3.8, 4) is 0 Å². The molecular formula is C30H54O32P2. The van der Waals surface area contributed by atoms with Gasteiger partial charge in [0.05, 0.1) is 39.6 Å². The molecule has 0 radical (unpaired) electrons. The average Bonchev–Trinajstić information content (AvgIpc) is 3.98. The fraction of sp³-hybridized carbons (Fsp3) is 0.967. The number of ether oxygens (including phenoxy) is 7. The van der Waals surface area contributed by atoms with E-state index in [1.165, 1.54) is 0 Å². The molecule has 0 aromatic heterocycles. The zero-order chi connectivity index (χ0) is 48.0. The van der Waals surface area contributed by atoms with Crippen molar-refractivity contribution in [1.29, 1.82) is 0 Å². The molecule has 0 spiro atoms. The number of phosphoric acid groups is 2. The minimum atomic E-state index is -5.25. The normalized spacial score (nSPS) is 44.5. The van der Waals surface area contributed by atoms with Gasteiger partial charge in [-0.2, -0.15) is 0 Å². The van der Waals surface area contributed by atoms with Gasteiger partial charge in [0.2, 0.25) is 0 Å². The zero-order valence-corrected chi connectivity index (χ0v) is 34.5. The fourth-order valence-corrected chi connectivity index (χ4v) is 8.31. The lowest BCUT2D eigenvalue weighted by molar-refractivity contribution is -0.269. The molecule has 32 nitrogen and oxygen atoms in total. The van der Waals surface area contributed by atoms with Crippen LogP contribution in [-0.4, -0.2) is 279 Å². The highest BCUT2D eigenvalue weighted by Gasteiger charge is 2.54. The standard InChI is InChI=1S/C25H44O27P2.C5H10O5/c26-1-6-11(29)14(32)22(45-6)49-23-15(33)12(30)9(47-23)5-43-54(40,41)52-20-8(3-28)46-25(18(20)36)50-24-16(34)13(31)10(48-24)4-42-53(38,39)51-19-7(2-27)44-21(37)17(19)35;6-1-3(8)5(10)4(9)2-7/h6-37H,1-5H2,(H,38,39)(H,40,41);1,3-5,7-10H,2H2/t6-,7-,8-,9-,10-,11-,12-,13-,14-,15-,16-,17-,18-,19-,20-,21-,22+,23?,24?,25+;3-,4+,5-/m10/s1. The second-order valence-corrected chi connectivity index (χ2v) is 17.3. The number of phosphoric ester groups is 2. The van der Waals surface area contributed by atoms with Crippen LogP contribution in [0.5, 0.6) is 0 Å². The van der Waals surface area contributed by atoms with Crippen molar-refractivity contribution in [3.63, 3.8) is 0 Å². The van der Waals surface area contributed by atoms with Crippen molar-refractivity contribution >= 4 is 21.9 Å². The molecule has 376 valence electrons. The van der Waals surface area contributed by atoms with Crippen molar-refractivity contribution in [2.75, 3.05) is 39.6 Å². The molecule has 5 saturated heterocycles. The molecule has 5 heterocycles. The molecule has 34 heteroatoms. The Labute approximate surface area is 359 Å². The molecule has 0 aliphatic carbocycles. The van der Waals surface area contributed by atoms with Gasteiger partial charge in [-0.05, 0) is 0 Å². The van der Waals surface area contributed by atoms with Gasteiger partial charge >= 0.3 is 15.6 Å². The summed E-state index contributed by atoms with van der Waals surface area (Å²) in [6.45, 7) is -5.06. The number of hydrogen-bond donors (Lipinski definition) is 18.